The van der Waals surface area contributed by atoms with Gasteiger partial charge in [-0.3, -0.25) is 9.59 Å². The highest BCUT2D eigenvalue weighted by Gasteiger charge is 2.32. The van der Waals surface area contributed by atoms with E-state index in [1.165, 1.54) is 6.26 Å². The molecule has 1 saturated carbocycles. The van der Waals surface area contributed by atoms with E-state index in [4.69, 9.17) is 5.11 Å². The number of allylic oxidation sites excluding steroid dienone is 1. The number of hydrogen-bond acceptors (Lipinski definition) is 4. The number of carboxylic acid groups (broad SMARTS) is 1. The van der Waals surface area contributed by atoms with Crippen LogP contribution in [-0.2, 0) is 19.4 Å². The molecule has 2 rings (SSSR count). The van der Waals surface area contributed by atoms with Crippen molar-refractivity contribution in [2.75, 3.05) is 6.26 Å². The lowest BCUT2D eigenvalue weighted by Crippen LogP contribution is -2.13. The highest BCUT2D eigenvalue weighted by Crippen LogP contribution is 2.34. The van der Waals surface area contributed by atoms with Crippen LogP contribution in [0.5, 0.6) is 0 Å². The van der Waals surface area contributed by atoms with E-state index in [2.05, 4.69) is 6.08 Å². The van der Waals surface area contributed by atoms with Crippen LogP contribution >= 0.6 is 0 Å². The molecule has 1 aromatic rings. The zero-order chi connectivity index (χ0) is 19.9. The standard InChI is InChI=1S/C21H28O5S/c1-27(25,26)18-13-9-16(10-14-18)8-11-17-12-15-20(22)19(17)6-4-2-3-5-7-21(23)24/h8-11,13-14,17,19H,2-7,12,15H2,1H3,(H,23,24). The molecule has 0 amide bonds. The second-order valence-corrected chi connectivity index (χ2v) is 9.34. The molecule has 1 aliphatic carbocycles. The first-order valence-corrected chi connectivity index (χ1v) is 11.4. The SMILES string of the molecule is CS(=O)(=O)c1ccc(C=CC2CCC(=O)C2CCCCCCC(=O)O)cc1. The third kappa shape index (κ3) is 6.94. The van der Waals surface area contributed by atoms with Gasteiger partial charge in [0.25, 0.3) is 0 Å². The van der Waals surface area contributed by atoms with Gasteiger partial charge in [0.15, 0.2) is 9.84 Å². The molecule has 0 aromatic heterocycles. The van der Waals surface area contributed by atoms with Gasteiger partial charge in [-0.1, -0.05) is 43.5 Å². The molecule has 0 heterocycles. The Morgan fingerprint density at radius 1 is 1.15 bits per heavy atom. The number of carbonyl (C=O) groups is 2. The molecule has 0 bridgehead atoms. The quantitative estimate of drug-likeness (QED) is 0.605. The topological polar surface area (TPSA) is 88.5 Å². The van der Waals surface area contributed by atoms with E-state index in [9.17, 15) is 18.0 Å². The Morgan fingerprint density at radius 3 is 2.44 bits per heavy atom. The fourth-order valence-corrected chi connectivity index (χ4v) is 4.23. The predicted molar refractivity (Wildman–Crippen MR) is 105 cm³/mol. The zero-order valence-corrected chi connectivity index (χ0v) is 16.6. The summed E-state index contributed by atoms with van der Waals surface area (Å²) in [7, 11) is -3.19. The van der Waals surface area contributed by atoms with Gasteiger partial charge in [-0.25, -0.2) is 8.42 Å². The summed E-state index contributed by atoms with van der Waals surface area (Å²) in [6.07, 6.45) is 11.3. The monoisotopic (exact) mass is 392 g/mol. The van der Waals surface area contributed by atoms with Gasteiger partial charge in [-0.15, -0.1) is 0 Å². The van der Waals surface area contributed by atoms with Crippen molar-refractivity contribution in [2.24, 2.45) is 11.8 Å². The third-order valence-corrected chi connectivity index (χ3v) is 6.28. The van der Waals surface area contributed by atoms with E-state index in [1.54, 1.807) is 24.3 Å². The minimum absolute atomic E-state index is 0.0519. The number of hydrogen-bond donors (Lipinski definition) is 1. The van der Waals surface area contributed by atoms with Crippen LogP contribution in [0.4, 0.5) is 0 Å². The Morgan fingerprint density at radius 2 is 1.81 bits per heavy atom. The summed E-state index contributed by atoms with van der Waals surface area (Å²) >= 11 is 0. The fraction of sp³-hybridized carbons (Fsp3) is 0.524. The molecule has 1 fully saturated rings. The average molecular weight is 393 g/mol. The molecule has 0 spiro atoms. The molecule has 2 atom stereocenters. The Labute approximate surface area is 161 Å². The molecule has 0 saturated heterocycles. The van der Waals surface area contributed by atoms with Gasteiger partial charge in [-0.05, 0) is 42.9 Å². The van der Waals surface area contributed by atoms with E-state index < -0.39 is 15.8 Å². The minimum Gasteiger partial charge on any atom is -0.481 e. The third-order valence-electron chi connectivity index (χ3n) is 5.15. The van der Waals surface area contributed by atoms with Crippen molar-refractivity contribution in [1.29, 1.82) is 0 Å². The fourth-order valence-electron chi connectivity index (χ4n) is 3.59. The first-order chi connectivity index (χ1) is 12.8. The molecule has 1 aromatic carbocycles. The molecule has 1 aliphatic rings. The van der Waals surface area contributed by atoms with Crippen LogP contribution in [-0.4, -0.2) is 31.5 Å². The number of sulfone groups is 1. The number of unbranched alkanes of at least 4 members (excludes halogenated alkanes) is 3. The van der Waals surface area contributed by atoms with Gasteiger partial charge < -0.3 is 5.11 Å². The average Bonchev–Trinajstić information content (AvgIpc) is 2.95. The van der Waals surface area contributed by atoms with Crippen LogP contribution in [0, 0.1) is 11.8 Å². The number of rotatable bonds is 10. The number of aliphatic carboxylic acids is 1. The van der Waals surface area contributed by atoms with Crippen LogP contribution < -0.4 is 0 Å². The largest absolute Gasteiger partial charge is 0.481 e. The lowest BCUT2D eigenvalue weighted by molar-refractivity contribution is -0.137. The van der Waals surface area contributed by atoms with Crippen molar-refractivity contribution in [3.8, 4) is 0 Å². The smallest absolute Gasteiger partial charge is 0.303 e. The molecular weight excluding hydrogens is 364 g/mol. The van der Waals surface area contributed by atoms with E-state index in [1.807, 2.05) is 6.08 Å². The maximum Gasteiger partial charge on any atom is 0.303 e. The Hall–Kier alpha value is -1.95. The first kappa shape index (κ1) is 21.4. The van der Waals surface area contributed by atoms with Crippen LogP contribution in [0.3, 0.4) is 0 Å². The van der Waals surface area contributed by atoms with Gasteiger partial charge in [-0.2, -0.15) is 0 Å². The maximum atomic E-state index is 12.2. The first-order valence-electron chi connectivity index (χ1n) is 9.50. The molecular formula is C21H28O5S. The molecule has 0 aliphatic heterocycles. The van der Waals surface area contributed by atoms with E-state index in [0.717, 1.165) is 37.7 Å². The molecule has 1 N–H and O–H groups in total. The lowest BCUT2D eigenvalue weighted by atomic mass is 9.89. The highest BCUT2D eigenvalue weighted by molar-refractivity contribution is 7.90. The van der Waals surface area contributed by atoms with E-state index in [-0.39, 0.29) is 18.3 Å². The number of ketones is 1. The van der Waals surface area contributed by atoms with Crippen molar-refractivity contribution in [3.05, 3.63) is 35.9 Å². The lowest BCUT2D eigenvalue weighted by Gasteiger charge is -2.14. The van der Waals surface area contributed by atoms with Gasteiger partial charge >= 0.3 is 5.97 Å². The summed E-state index contributed by atoms with van der Waals surface area (Å²) in [5.41, 5.74) is 0.925. The van der Waals surface area contributed by atoms with Crippen molar-refractivity contribution < 1.29 is 23.1 Å². The van der Waals surface area contributed by atoms with Crippen LogP contribution in [0.25, 0.3) is 6.08 Å². The number of Topliss-reactive ketones (excluding diaryl/α,β-unsaturated/α-hetero) is 1. The second kappa shape index (κ2) is 9.83. The molecule has 6 heteroatoms. The van der Waals surface area contributed by atoms with Crippen molar-refractivity contribution in [2.45, 2.75) is 56.3 Å². The summed E-state index contributed by atoms with van der Waals surface area (Å²) in [5.74, 6) is -0.152. The van der Waals surface area contributed by atoms with Crippen LogP contribution in [0.1, 0.15) is 56.9 Å². The second-order valence-electron chi connectivity index (χ2n) is 7.32. The van der Waals surface area contributed by atoms with Gasteiger partial charge in [0.2, 0.25) is 0 Å². The molecule has 0 radical (unpaired) electrons. The highest BCUT2D eigenvalue weighted by atomic mass is 32.2. The number of carbonyl (C=O) groups excluding carboxylic acids is 1. The Kier molecular flexibility index (Phi) is 7.78. The van der Waals surface area contributed by atoms with Gasteiger partial charge in [0.05, 0.1) is 4.90 Å². The zero-order valence-electron chi connectivity index (χ0n) is 15.8. The van der Waals surface area contributed by atoms with E-state index in [0.29, 0.717) is 23.5 Å². The number of benzene rings is 1. The molecule has 148 valence electrons. The predicted octanol–water partition coefficient (Wildman–Crippen LogP) is 4.12. The van der Waals surface area contributed by atoms with Crippen molar-refractivity contribution >= 4 is 27.7 Å². The van der Waals surface area contributed by atoms with Gasteiger partial charge in [0, 0.05) is 25.0 Å². The van der Waals surface area contributed by atoms with Crippen LogP contribution in [0.2, 0.25) is 0 Å². The van der Waals surface area contributed by atoms with Crippen LogP contribution in [0.15, 0.2) is 35.2 Å². The summed E-state index contributed by atoms with van der Waals surface area (Å²) in [4.78, 5) is 23.0. The van der Waals surface area contributed by atoms with Crippen molar-refractivity contribution in [1.82, 2.24) is 0 Å². The van der Waals surface area contributed by atoms with E-state index >= 15 is 0 Å². The van der Waals surface area contributed by atoms with Gasteiger partial charge in [0.1, 0.15) is 5.78 Å². The summed E-state index contributed by atoms with van der Waals surface area (Å²) < 4.78 is 23.0. The molecule has 2 unspecified atom stereocenters. The normalized spacial score (nSPS) is 20.4. The molecule has 5 nitrogen and oxygen atoms in total. The summed E-state index contributed by atoms with van der Waals surface area (Å²) in [5, 5.41) is 8.64. The summed E-state index contributed by atoms with van der Waals surface area (Å²) in [6, 6.07) is 6.76. The number of carboxylic acids is 1. The Balaban J connectivity index is 1.86. The summed E-state index contributed by atoms with van der Waals surface area (Å²) in [6.45, 7) is 0. The minimum atomic E-state index is -3.19. The maximum absolute atomic E-state index is 12.2. The Bertz CT molecular complexity index is 777. The molecule has 27 heavy (non-hydrogen) atoms. The van der Waals surface area contributed by atoms with Crippen molar-refractivity contribution in [3.63, 3.8) is 0 Å².